The number of thiophene rings is 1. The highest BCUT2D eigenvalue weighted by Crippen LogP contribution is 2.44. The SMILES string of the molecule is CC[C@@H]1OC(=O)[C@H](C)C(=O)[C@H](C)[C@@H](O[C@@H]2O[C@H](C)C[C@H](N(C)C)[C@H]2O)[C@@](C)(OCC#Cc2ccc(CC(=N)OC)s2)C[C@@H](C)C2=NCCN3C(=O)O[C@@]1(C)[C@H]3[C@@H]2C. The van der Waals surface area contributed by atoms with E-state index in [1.807, 2.05) is 65.7 Å². The Bertz CT molecular complexity index is 1740. The summed E-state index contributed by atoms with van der Waals surface area (Å²) in [6.45, 7) is 15.5. The molecular formula is C42H62N4O10S. The van der Waals surface area contributed by atoms with E-state index < -0.39 is 71.5 Å². The van der Waals surface area contributed by atoms with Crippen LogP contribution >= 0.6 is 11.3 Å². The summed E-state index contributed by atoms with van der Waals surface area (Å²) in [5.41, 5.74) is -1.61. The lowest BCUT2D eigenvalue weighted by Crippen LogP contribution is -2.60. The fraction of sp³-hybridized carbons (Fsp3) is 0.738. The van der Waals surface area contributed by atoms with Crippen LogP contribution in [-0.2, 0) is 44.4 Å². The molecule has 3 fully saturated rings. The molecular weight excluding hydrogens is 753 g/mol. The predicted molar refractivity (Wildman–Crippen MR) is 215 cm³/mol. The van der Waals surface area contributed by atoms with Crippen molar-refractivity contribution < 1.29 is 47.9 Å². The van der Waals surface area contributed by atoms with Gasteiger partial charge in [-0.05, 0) is 79.1 Å². The highest BCUT2D eigenvalue weighted by Gasteiger charge is 2.60. The summed E-state index contributed by atoms with van der Waals surface area (Å²) in [5.74, 6) is 2.61. The maximum Gasteiger partial charge on any atom is 0.410 e. The van der Waals surface area contributed by atoms with E-state index in [9.17, 15) is 19.5 Å². The summed E-state index contributed by atoms with van der Waals surface area (Å²) in [7, 11) is 5.26. The zero-order valence-electron chi connectivity index (χ0n) is 35.3. The van der Waals surface area contributed by atoms with Crippen LogP contribution in [-0.4, -0.2) is 139 Å². The van der Waals surface area contributed by atoms with E-state index in [-0.39, 0.29) is 36.5 Å². The number of nitrogens with zero attached hydrogens (tertiary/aromatic N) is 3. The Kier molecular flexibility index (Phi) is 14.3. The van der Waals surface area contributed by atoms with Crippen LogP contribution in [0.5, 0.6) is 0 Å². The Hall–Kier alpha value is -3.39. The smallest absolute Gasteiger partial charge is 0.410 e. The number of methoxy groups -OCH3 is 1. The van der Waals surface area contributed by atoms with Crippen molar-refractivity contribution in [2.75, 3.05) is 40.9 Å². The molecule has 5 heterocycles. The minimum Gasteiger partial charge on any atom is -0.484 e. The normalized spacial score (nSPS) is 37.6. The van der Waals surface area contributed by atoms with Gasteiger partial charge in [0.1, 0.15) is 24.7 Å². The zero-order valence-corrected chi connectivity index (χ0v) is 36.1. The first-order valence-electron chi connectivity index (χ1n) is 20.1. The molecule has 13 atom stereocenters. The first-order valence-corrected chi connectivity index (χ1v) is 20.9. The molecule has 57 heavy (non-hydrogen) atoms. The molecule has 3 saturated heterocycles. The summed E-state index contributed by atoms with van der Waals surface area (Å²) in [4.78, 5) is 52.4. The van der Waals surface area contributed by atoms with Crippen LogP contribution in [0, 0.1) is 40.9 Å². The second-order valence-electron chi connectivity index (χ2n) is 16.7. The number of ether oxygens (including phenoxy) is 6. The van der Waals surface area contributed by atoms with Gasteiger partial charge in [0.25, 0.3) is 0 Å². The van der Waals surface area contributed by atoms with Crippen LogP contribution < -0.4 is 0 Å². The van der Waals surface area contributed by atoms with Crippen molar-refractivity contribution in [1.29, 1.82) is 5.41 Å². The predicted octanol–water partition coefficient (Wildman–Crippen LogP) is 4.73. The number of cyclic esters (lactones) is 1. The molecule has 2 N–H and O–H groups in total. The second-order valence-corrected chi connectivity index (χ2v) is 17.9. The Morgan fingerprint density at radius 2 is 1.86 bits per heavy atom. The summed E-state index contributed by atoms with van der Waals surface area (Å²) in [5, 5.41) is 19.5. The third-order valence-corrected chi connectivity index (χ3v) is 13.3. The molecule has 5 rings (SSSR count). The number of carbonyl (C=O) groups excluding carboxylic acids is 3. The van der Waals surface area contributed by atoms with Crippen LogP contribution in [0.2, 0.25) is 0 Å². The fourth-order valence-corrected chi connectivity index (χ4v) is 10.2. The Morgan fingerprint density at radius 3 is 2.53 bits per heavy atom. The molecule has 0 radical (unpaired) electrons. The second kappa shape index (κ2) is 18.3. The molecule has 4 aliphatic rings. The highest BCUT2D eigenvalue weighted by molar-refractivity contribution is 7.12. The van der Waals surface area contributed by atoms with E-state index in [2.05, 4.69) is 18.8 Å². The number of hydrogen-bond donors (Lipinski definition) is 2. The molecule has 1 amide bonds. The number of aliphatic hydroxyl groups is 1. The standard InChI is InChI=1S/C42H62N4O10S/c1-12-31-42(8)36-25(4)33(44-17-18-46(36)40(50)56-42)23(2)22-41(7,52-19-13-14-28-15-16-29(57-28)21-32(43)51-11)37(26(5)34(47)27(6)38(49)54-31)55-39-35(48)30(45(9)10)20-24(3)53-39/h15-16,23-27,30-31,35-37,39,43,48H,12,17-22H2,1-11H3/t23-,24-,25-,26+,27-,30+,31+,35-,36-,37-,39+,41+,42-/m1/s1. The Morgan fingerprint density at radius 1 is 1.14 bits per heavy atom. The number of ketones is 1. The van der Waals surface area contributed by atoms with Gasteiger partial charge in [0, 0.05) is 35.0 Å². The van der Waals surface area contributed by atoms with Gasteiger partial charge < -0.3 is 38.4 Å². The first-order chi connectivity index (χ1) is 26.8. The number of Topliss-reactive ketones (excluding diaryl/α,β-unsaturated/α-hetero) is 1. The lowest BCUT2D eigenvalue weighted by Gasteiger charge is -2.47. The van der Waals surface area contributed by atoms with Crippen LogP contribution in [0.1, 0.15) is 84.4 Å². The lowest BCUT2D eigenvalue weighted by atomic mass is 9.73. The average molecular weight is 815 g/mol. The van der Waals surface area contributed by atoms with Crippen LogP contribution in [0.25, 0.3) is 0 Å². The summed E-state index contributed by atoms with van der Waals surface area (Å²) in [6.07, 6.45) is -3.15. The van der Waals surface area contributed by atoms with Gasteiger partial charge >= 0.3 is 12.1 Å². The molecule has 2 bridgehead atoms. The maximum absolute atomic E-state index is 14.6. The molecule has 0 aliphatic carbocycles. The zero-order chi connectivity index (χ0) is 42.0. The monoisotopic (exact) mass is 814 g/mol. The molecule has 1 aromatic rings. The van der Waals surface area contributed by atoms with Gasteiger partial charge in [0.15, 0.2) is 23.6 Å². The van der Waals surface area contributed by atoms with Gasteiger partial charge in [-0.25, -0.2) is 4.79 Å². The molecule has 0 aromatic carbocycles. The third-order valence-electron chi connectivity index (χ3n) is 12.3. The van der Waals surface area contributed by atoms with E-state index in [1.165, 1.54) is 25.4 Å². The summed E-state index contributed by atoms with van der Waals surface area (Å²) in [6, 6.07) is 3.03. The topological polar surface area (TPSA) is 170 Å². The number of hydrogen-bond acceptors (Lipinski definition) is 14. The maximum atomic E-state index is 14.6. The molecule has 15 heteroatoms. The first kappa shape index (κ1) is 44.7. The van der Waals surface area contributed by atoms with Crippen molar-refractivity contribution in [2.24, 2.45) is 28.7 Å². The molecule has 0 unspecified atom stereocenters. The number of aliphatic hydroxyl groups excluding tert-OH is 1. The number of esters is 1. The van der Waals surface area contributed by atoms with E-state index >= 15 is 0 Å². The van der Waals surface area contributed by atoms with E-state index in [0.717, 1.165) is 15.5 Å². The van der Waals surface area contributed by atoms with Gasteiger partial charge in [0.2, 0.25) is 0 Å². The summed E-state index contributed by atoms with van der Waals surface area (Å²) >= 11 is 1.46. The third kappa shape index (κ3) is 9.42. The molecule has 4 aliphatic heterocycles. The van der Waals surface area contributed by atoms with Crippen LogP contribution in [0.15, 0.2) is 17.1 Å². The van der Waals surface area contributed by atoms with E-state index in [1.54, 1.807) is 11.8 Å². The van der Waals surface area contributed by atoms with Crippen LogP contribution in [0.3, 0.4) is 0 Å². The van der Waals surface area contributed by atoms with Gasteiger partial charge in [0.05, 0.1) is 48.8 Å². The van der Waals surface area contributed by atoms with Crippen molar-refractivity contribution in [3.63, 3.8) is 0 Å². The quantitative estimate of drug-likeness (QED) is 0.122. The molecule has 316 valence electrons. The number of likely N-dealkylation sites (N-methyl/N-ethyl adjacent to an activating group) is 1. The molecule has 0 saturated carbocycles. The number of amides is 1. The largest absolute Gasteiger partial charge is 0.484 e. The van der Waals surface area contributed by atoms with E-state index in [4.69, 9.17) is 38.8 Å². The minimum atomic E-state index is -1.26. The van der Waals surface area contributed by atoms with Crippen molar-refractivity contribution in [3.05, 3.63) is 21.9 Å². The summed E-state index contributed by atoms with van der Waals surface area (Å²) < 4.78 is 37.2. The van der Waals surface area contributed by atoms with Gasteiger partial charge in [-0.15, -0.1) is 11.3 Å². The van der Waals surface area contributed by atoms with Gasteiger partial charge in [-0.1, -0.05) is 39.5 Å². The number of rotatable bonds is 8. The molecule has 14 nitrogen and oxygen atoms in total. The van der Waals surface area contributed by atoms with Crippen molar-refractivity contribution in [3.8, 4) is 11.8 Å². The van der Waals surface area contributed by atoms with Gasteiger partial charge in [-0.2, -0.15) is 0 Å². The number of carbonyl (C=O) groups is 3. The lowest BCUT2D eigenvalue weighted by molar-refractivity contribution is -0.296. The number of fused-ring (bicyclic) bond motifs is 1. The number of nitrogens with one attached hydrogen (secondary N) is 1. The Labute approximate surface area is 341 Å². The van der Waals surface area contributed by atoms with Crippen molar-refractivity contribution in [2.45, 2.75) is 135 Å². The van der Waals surface area contributed by atoms with E-state index in [0.29, 0.717) is 38.8 Å². The molecule has 1 aromatic heterocycles. The molecule has 0 spiro atoms. The Balaban J connectivity index is 1.59. The van der Waals surface area contributed by atoms with Crippen molar-refractivity contribution >= 4 is 40.8 Å². The van der Waals surface area contributed by atoms with Crippen LogP contribution in [0.4, 0.5) is 4.79 Å². The highest BCUT2D eigenvalue weighted by atomic mass is 32.1. The van der Waals surface area contributed by atoms with Gasteiger partial charge in [-0.3, -0.25) is 24.9 Å². The number of aliphatic imine (C=N–C) groups is 1. The average Bonchev–Trinajstić information content (AvgIpc) is 3.65. The van der Waals surface area contributed by atoms with Crippen molar-refractivity contribution in [1.82, 2.24) is 9.80 Å². The fourth-order valence-electron chi connectivity index (χ4n) is 9.34. The minimum absolute atomic E-state index is 0.0372.